The summed E-state index contributed by atoms with van der Waals surface area (Å²) in [5.41, 5.74) is -2.05. The SMILES string of the molecule is COC(=O)C1(CC(=O)c2ccccc2)CN(C(=O)OC(C)(C)C)CCC1=O. The zero-order chi connectivity index (χ0) is 20.2. The fraction of sp³-hybridized carbons (Fsp3) is 0.500. The van der Waals surface area contributed by atoms with Crippen LogP contribution in [0.3, 0.4) is 0 Å². The second kappa shape index (κ2) is 7.90. The van der Waals surface area contributed by atoms with E-state index in [0.29, 0.717) is 5.56 Å². The third-order valence-corrected chi connectivity index (χ3v) is 4.39. The van der Waals surface area contributed by atoms with Gasteiger partial charge in [0.05, 0.1) is 7.11 Å². The highest BCUT2D eigenvalue weighted by Gasteiger charge is 2.52. The highest BCUT2D eigenvalue weighted by Crippen LogP contribution is 2.34. The summed E-state index contributed by atoms with van der Waals surface area (Å²) in [4.78, 5) is 51.7. The van der Waals surface area contributed by atoms with E-state index in [2.05, 4.69) is 0 Å². The van der Waals surface area contributed by atoms with Crippen LogP contribution in [0.1, 0.15) is 44.0 Å². The van der Waals surface area contributed by atoms with Crippen LogP contribution in [0.15, 0.2) is 30.3 Å². The molecule has 1 aromatic rings. The predicted octanol–water partition coefficient (Wildman–Crippen LogP) is 2.63. The van der Waals surface area contributed by atoms with E-state index >= 15 is 0 Å². The lowest BCUT2D eigenvalue weighted by molar-refractivity contribution is -0.161. The molecule has 0 radical (unpaired) electrons. The summed E-state index contributed by atoms with van der Waals surface area (Å²) in [6, 6.07) is 8.41. The summed E-state index contributed by atoms with van der Waals surface area (Å²) < 4.78 is 10.2. The maximum Gasteiger partial charge on any atom is 0.410 e. The van der Waals surface area contributed by atoms with Gasteiger partial charge < -0.3 is 14.4 Å². The summed E-state index contributed by atoms with van der Waals surface area (Å²) >= 11 is 0. The van der Waals surface area contributed by atoms with Gasteiger partial charge in [-0.05, 0) is 20.8 Å². The predicted molar refractivity (Wildman–Crippen MR) is 97.3 cm³/mol. The minimum Gasteiger partial charge on any atom is -0.468 e. The molecule has 1 aliphatic heterocycles. The Balaban J connectivity index is 2.31. The highest BCUT2D eigenvalue weighted by atomic mass is 16.6. The molecule has 146 valence electrons. The van der Waals surface area contributed by atoms with Crippen LogP contribution in [0.5, 0.6) is 0 Å². The van der Waals surface area contributed by atoms with E-state index in [4.69, 9.17) is 9.47 Å². The quantitative estimate of drug-likeness (QED) is 0.456. The Morgan fingerprint density at radius 2 is 1.78 bits per heavy atom. The fourth-order valence-corrected chi connectivity index (χ4v) is 3.05. The van der Waals surface area contributed by atoms with Crippen LogP contribution in [0.2, 0.25) is 0 Å². The zero-order valence-corrected chi connectivity index (χ0v) is 16.1. The van der Waals surface area contributed by atoms with Crippen molar-refractivity contribution in [1.29, 1.82) is 0 Å². The average molecular weight is 375 g/mol. The third kappa shape index (κ3) is 4.72. The van der Waals surface area contributed by atoms with Crippen molar-refractivity contribution in [3.63, 3.8) is 0 Å². The number of benzene rings is 1. The third-order valence-electron chi connectivity index (χ3n) is 4.39. The topological polar surface area (TPSA) is 90.0 Å². The van der Waals surface area contributed by atoms with Gasteiger partial charge in [-0.25, -0.2) is 4.79 Å². The molecule has 1 aromatic carbocycles. The molecule has 1 aliphatic rings. The fourth-order valence-electron chi connectivity index (χ4n) is 3.05. The molecule has 1 fully saturated rings. The summed E-state index contributed by atoms with van der Waals surface area (Å²) in [6.45, 7) is 5.07. The number of piperidine rings is 1. The Labute approximate surface area is 158 Å². The Morgan fingerprint density at radius 1 is 1.15 bits per heavy atom. The molecule has 0 aromatic heterocycles. The van der Waals surface area contributed by atoms with Gasteiger partial charge in [-0.3, -0.25) is 14.4 Å². The first kappa shape index (κ1) is 20.6. The molecule has 1 saturated heterocycles. The molecule has 1 unspecified atom stereocenters. The van der Waals surface area contributed by atoms with E-state index in [1.165, 1.54) is 4.90 Å². The molecule has 0 spiro atoms. The van der Waals surface area contributed by atoms with E-state index in [0.717, 1.165) is 7.11 Å². The minimum absolute atomic E-state index is 0.0452. The summed E-state index contributed by atoms with van der Waals surface area (Å²) in [7, 11) is 1.16. The van der Waals surface area contributed by atoms with Crippen molar-refractivity contribution in [1.82, 2.24) is 4.90 Å². The van der Waals surface area contributed by atoms with Gasteiger partial charge in [0.15, 0.2) is 17.0 Å². The number of methoxy groups -OCH3 is 1. The first-order chi connectivity index (χ1) is 12.6. The van der Waals surface area contributed by atoms with Crippen molar-refractivity contribution in [3.05, 3.63) is 35.9 Å². The summed E-state index contributed by atoms with van der Waals surface area (Å²) in [6.07, 6.45) is -1.03. The molecule has 1 heterocycles. The maximum atomic E-state index is 12.7. The molecule has 0 saturated carbocycles. The Bertz CT molecular complexity index is 727. The normalized spacial score (nSPS) is 20.1. The number of amides is 1. The molecular weight excluding hydrogens is 350 g/mol. The summed E-state index contributed by atoms with van der Waals surface area (Å²) in [5, 5.41) is 0. The lowest BCUT2D eigenvalue weighted by Gasteiger charge is -2.39. The largest absolute Gasteiger partial charge is 0.468 e. The monoisotopic (exact) mass is 375 g/mol. The number of carbonyl (C=O) groups excluding carboxylic acids is 4. The maximum absolute atomic E-state index is 12.7. The van der Waals surface area contributed by atoms with Gasteiger partial charge in [0, 0.05) is 31.5 Å². The van der Waals surface area contributed by atoms with Gasteiger partial charge in [-0.2, -0.15) is 0 Å². The van der Waals surface area contributed by atoms with Gasteiger partial charge in [0.1, 0.15) is 5.60 Å². The van der Waals surface area contributed by atoms with Gasteiger partial charge in [0.25, 0.3) is 0 Å². The van der Waals surface area contributed by atoms with Gasteiger partial charge in [-0.1, -0.05) is 30.3 Å². The lowest BCUT2D eigenvalue weighted by Crippen LogP contribution is -2.57. The first-order valence-corrected chi connectivity index (χ1v) is 8.77. The molecule has 1 atom stereocenters. The van der Waals surface area contributed by atoms with E-state index in [1.807, 2.05) is 0 Å². The molecule has 0 bridgehead atoms. The smallest absolute Gasteiger partial charge is 0.410 e. The van der Waals surface area contributed by atoms with Crippen molar-refractivity contribution < 1.29 is 28.7 Å². The van der Waals surface area contributed by atoms with Gasteiger partial charge >= 0.3 is 12.1 Å². The lowest BCUT2D eigenvalue weighted by atomic mass is 9.74. The van der Waals surface area contributed by atoms with Crippen molar-refractivity contribution in [2.75, 3.05) is 20.2 Å². The highest BCUT2D eigenvalue weighted by molar-refractivity contribution is 6.10. The second-order valence-electron chi connectivity index (χ2n) is 7.61. The van der Waals surface area contributed by atoms with Crippen LogP contribution in [0.4, 0.5) is 4.79 Å². The van der Waals surface area contributed by atoms with Crippen molar-refractivity contribution in [2.45, 2.75) is 39.2 Å². The number of nitrogens with zero attached hydrogens (tertiary/aromatic N) is 1. The van der Waals surface area contributed by atoms with Gasteiger partial charge in [0.2, 0.25) is 0 Å². The van der Waals surface area contributed by atoms with Crippen LogP contribution in [0, 0.1) is 5.41 Å². The molecular formula is C20H25NO6. The number of hydrogen-bond donors (Lipinski definition) is 0. The van der Waals surface area contributed by atoms with E-state index in [-0.39, 0.29) is 31.7 Å². The number of likely N-dealkylation sites (tertiary alicyclic amines) is 1. The number of hydrogen-bond acceptors (Lipinski definition) is 6. The standard InChI is InChI=1S/C20H25NO6/c1-19(2,3)27-18(25)21-11-10-16(23)20(13-21,17(24)26-4)12-15(22)14-8-6-5-7-9-14/h5-9H,10-13H2,1-4H3. The Kier molecular flexibility index (Phi) is 6.03. The van der Waals surface area contributed by atoms with Crippen LogP contribution in [-0.2, 0) is 19.1 Å². The van der Waals surface area contributed by atoms with Crippen LogP contribution in [-0.4, -0.2) is 54.3 Å². The van der Waals surface area contributed by atoms with Gasteiger partial charge in [-0.15, -0.1) is 0 Å². The molecule has 1 amide bonds. The zero-order valence-electron chi connectivity index (χ0n) is 16.1. The van der Waals surface area contributed by atoms with E-state index in [1.54, 1.807) is 51.1 Å². The number of ether oxygens (including phenoxy) is 2. The molecule has 0 aliphatic carbocycles. The Hall–Kier alpha value is -2.70. The van der Waals surface area contributed by atoms with Crippen LogP contribution in [0.25, 0.3) is 0 Å². The first-order valence-electron chi connectivity index (χ1n) is 8.77. The van der Waals surface area contributed by atoms with Crippen LogP contribution < -0.4 is 0 Å². The van der Waals surface area contributed by atoms with E-state index in [9.17, 15) is 19.2 Å². The van der Waals surface area contributed by atoms with Crippen molar-refractivity contribution in [2.24, 2.45) is 5.41 Å². The number of Topliss-reactive ketones (excluding diaryl/α,β-unsaturated/α-hetero) is 2. The minimum atomic E-state index is -1.73. The van der Waals surface area contributed by atoms with Crippen molar-refractivity contribution >= 4 is 23.6 Å². The summed E-state index contributed by atoms with van der Waals surface area (Å²) in [5.74, 6) is -1.58. The average Bonchev–Trinajstić information content (AvgIpc) is 2.62. The van der Waals surface area contributed by atoms with E-state index < -0.39 is 28.9 Å². The second-order valence-corrected chi connectivity index (χ2v) is 7.61. The Morgan fingerprint density at radius 3 is 2.33 bits per heavy atom. The number of esters is 1. The molecule has 2 rings (SSSR count). The molecule has 27 heavy (non-hydrogen) atoms. The number of ketones is 2. The van der Waals surface area contributed by atoms with Crippen molar-refractivity contribution in [3.8, 4) is 0 Å². The number of carbonyl (C=O) groups is 4. The molecule has 7 nitrogen and oxygen atoms in total. The molecule has 7 heteroatoms. The van der Waals surface area contributed by atoms with Crippen LogP contribution >= 0.6 is 0 Å². The number of rotatable bonds is 4. The molecule has 0 N–H and O–H groups in total.